The summed E-state index contributed by atoms with van der Waals surface area (Å²) in [6, 6.07) is 11.5. The molecule has 1 heterocycles. The molecule has 2 amide bonds. The third-order valence-electron chi connectivity index (χ3n) is 3.89. The number of amides is 2. The average Bonchev–Trinajstić information content (AvgIpc) is 2.84. The van der Waals surface area contributed by atoms with E-state index in [-0.39, 0.29) is 18.2 Å². The third-order valence-corrected chi connectivity index (χ3v) is 4.88. The highest BCUT2D eigenvalue weighted by Gasteiger charge is 2.42. The Bertz CT molecular complexity index is 793. The van der Waals surface area contributed by atoms with Crippen molar-refractivity contribution < 1.29 is 14.9 Å². The maximum Gasteiger partial charge on any atom is 0.292 e. The largest absolute Gasteiger partial charge is 0.332 e. The average molecular weight is 385 g/mol. The zero-order chi connectivity index (χ0) is 17.3. The fourth-order valence-electron chi connectivity index (χ4n) is 2.65. The number of hydrogen-bond acceptors (Lipinski definition) is 2. The molecule has 1 aliphatic heterocycles. The van der Waals surface area contributed by atoms with Crippen LogP contribution in [0.3, 0.4) is 0 Å². The Hall–Kier alpha value is -1.59. The second kappa shape index (κ2) is 7.11. The zero-order valence-corrected chi connectivity index (χ0v) is 14.8. The zero-order valence-electron chi connectivity index (χ0n) is 12.5. The van der Waals surface area contributed by atoms with E-state index in [1.165, 1.54) is 4.90 Å². The van der Waals surface area contributed by atoms with Crippen molar-refractivity contribution in [3.63, 3.8) is 0 Å². The van der Waals surface area contributed by atoms with Gasteiger partial charge in [0.2, 0.25) is 5.91 Å². The van der Waals surface area contributed by atoms with Crippen LogP contribution in [-0.2, 0) is 16.1 Å². The van der Waals surface area contributed by atoms with Gasteiger partial charge in [0.15, 0.2) is 6.04 Å². The second-order valence-corrected chi connectivity index (χ2v) is 6.79. The van der Waals surface area contributed by atoms with Crippen LogP contribution in [0.4, 0.5) is 5.69 Å². The molecular weight excluding hydrogens is 371 g/mol. The number of quaternary nitrogens is 1. The number of imide groups is 1. The lowest BCUT2D eigenvalue weighted by atomic mass is 10.2. The first-order valence-electron chi connectivity index (χ1n) is 7.35. The van der Waals surface area contributed by atoms with Gasteiger partial charge in [0, 0.05) is 10.6 Å². The number of benzene rings is 2. The number of nitrogens with zero attached hydrogens (tertiary/aromatic N) is 1. The molecular formula is C17H14Cl3N2O2+. The number of rotatable bonds is 4. The van der Waals surface area contributed by atoms with Gasteiger partial charge < -0.3 is 5.32 Å². The molecule has 1 aliphatic rings. The molecule has 124 valence electrons. The Balaban J connectivity index is 1.69. The van der Waals surface area contributed by atoms with Gasteiger partial charge in [-0.15, -0.1) is 0 Å². The quantitative estimate of drug-likeness (QED) is 0.824. The van der Waals surface area contributed by atoms with Crippen LogP contribution in [0.15, 0.2) is 42.5 Å². The van der Waals surface area contributed by atoms with E-state index in [1.54, 1.807) is 36.4 Å². The highest BCUT2D eigenvalue weighted by Crippen LogP contribution is 2.24. The van der Waals surface area contributed by atoms with Crippen LogP contribution in [0.25, 0.3) is 0 Å². The predicted molar refractivity (Wildman–Crippen MR) is 94.4 cm³/mol. The van der Waals surface area contributed by atoms with Gasteiger partial charge in [0.25, 0.3) is 5.91 Å². The number of hydrogen-bond donors (Lipinski definition) is 1. The molecule has 1 atom stereocenters. The molecule has 0 saturated carbocycles. The summed E-state index contributed by atoms with van der Waals surface area (Å²) in [4.78, 5) is 26.0. The van der Waals surface area contributed by atoms with Crippen LogP contribution in [0.1, 0.15) is 12.0 Å². The Morgan fingerprint density at radius 1 is 1.00 bits per heavy atom. The molecule has 0 unspecified atom stereocenters. The summed E-state index contributed by atoms with van der Waals surface area (Å²) in [5.41, 5.74) is 1.48. The highest BCUT2D eigenvalue weighted by atomic mass is 35.5. The van der Waals surface area contributed by atoms with E-state index in [4.69, 9.17) is 34.8 Å². The van der Waals surface area contributed by atoms with Crippen LogP contribution >= 0.6 is 34.8 Å². The minimum absolute atomic E-state index is 0.169. The molecule has 3 rings (SSSR count). The van der Waals surface area contributed by atoms with Gasteiger partial charge >= 0.3 is 0 Å². The van der Waals surface area contributed by atoms with E-state index in [9.17, 15) is 9.59 Å². The fourth-order valence-corrected chi connectivity index (χ4v) is 3.09. The lowest BCUT2D eigenvalue weighted by Crippen LogP contribution is -2.90. The molecule has 0 bridgehead atoms. The van der Waals surface area contributed by atoms with E-state index >= 15 is 0 Å². The molecule has 4 nitrogen and oxygen atoms in total. The third kappa shape index (κ3) is 3.57. The van der Waals surface area contributed by atoms with Crippen molar-refractivity contribution in [1.82, 2.24) is 0 Å². The van der Waals surface area contributed by atoms with Gasteiger partial charge in [-0.3, -0.25) is 9.59 Å². The maximum atomic E-state index is 12.5. The minimum Gasteiger partial charge on any atom is -0.332 e. The van der Waals surface area contributed by atoms with Crippen molar-refractivity contribution in [2.75, 3.05) is 4.90 Å². The molecule has 2 aromatic rings. The standard InChI is InChI=1S/C17H13Cl3N2O2/c18-11-2-4-12(5-3-11)22-16(23)8-15(17(22)24)21-9-10-1-6-13(19)14(20)7-10/h1-7,15,21H,8-9H2/p+1/t15-/m0/s1. The summed E-state index contributed by atoms with van der Waals surface area (Å²) in [5, 5.41) is 3.36. The maximum absolute atomic E-state index is 12.5. The van der Waals surface area contributed by atoms with Crippen LogP contribution < -0.4 is 10.2 Å². The van der Waals surface area contributed by atoms with Crippen molar-refractivity contribution in [1.29, 1.82) is 0 Å². The van der Waals surface area contributed by atoms with Crippen molar-refractivity contribution in [2.24, 2.45) is 0 Å². The van der Waals surface area contributed by atoms with E-state index in [2.05, 4.69) is 0 Å². The topological polar surface area (TPSA) is 54.0 Å². The SMILES string of the molecule is O=C1C[C@H]([NH2+]Cc2ccc(Cl)c(Cl)c2)C(=O)N1c1ccc(Cl)cc1. The van der Waals surface area contributed by atoms with E-state index in [0.717, 1.165) is 5.56 Å². The molecule has 2 N–H and O–H groups in total. The van der Waals surface area contributed by atoms with Crippen LogP contribution in [0, 0.1) is 0 Å². The Kier molecular flexibility index (Phi) is 5.11. The first-order valence-corrected chi connectivity index (χ1v) is 8.48. The molecule has 7 heteroatoms. The highest BCUT2D eigenvalue weighted by molar-refractivity contribution is 6.42. The van der Waals surface area contributed by atoms with Crippen molar-refractivity contribution >= 4 is 52.3 Å². The van der Waals surface area contributed by atoms with Crippen molar-refractivity contribution in [3.8, 4) is 0 Å². The first kappa shape index (κ1) is 17.2. The molecule has 0 radical (unpaired) electrons. The molecule has 0 aromatic heterocycles. The Morgan fingerprint density at radius 3 is 2.38 bits per heavy atom. The number of anilines is 1. The van der Waals surface area contributed by atoms with Crippen molar-refractivity contribution in [2.45, 2.75) is 19.0 Å². The summed E-state index contributed by atoms with van der Waals surface area (Å²) in [7, 11) is 0. The van der Waals surface area contributed by atoms with Crippen molar-refractivity contribution in [3.05, 3.63) is 63.1 Å². The van der Waals surface area contributed by atoms with Crippen LogP contribution in [0.2, 0.25) is 15.1 Å². The van der Waals surface area contributed by atoms with Gasteiger partial charge in [0.1, 0.15) is 6.54 Å². The van der Waals surface area contributed by atoms with E-state index < -0.39 is 6.04 Å². The van der Waals surface area contributed by atoms with Crippen LogP contribution in [0.5, 0.6) is 0 Å². The summed E-state index contributed by atoms with van der Waals surface area (Å²) < 4.78 is 0. The Morgan fingerprint density at radius 2 is 1.71 bits per heavy atom. The fraction of sp³-hybridized carbons (Fsp3) is 0.176. The molecule has 1 fully saturated rings. The molecule has 0 aliphatic carbocycles. The molecule has 0 spiro atoms. The lowest BCUT2D eigenvalue weighted by molar-refractivity contribution is -0.690. The number of carbonyl (C=O) groups excluding carboxylic acids is 2. The molecule has 1 saturated heterocycles. The van der Waals surface area contributed by atoms with Gasteiger partial charge in [-0.05, 0) is 36.4 Å². The smallest absolute Gasteiger partial charge is 0.292 e. The molecule has 24 heavy (non-hydrogen) atoms. The molecule has 2 aromatic carbocycles. The Labute approximate surface area is 154 Å². The monoisotopic (exact) mass is 383 g/mol. The number of halogens is 3. The summed E-state index contributed by atoms with van der Waals surface area (Å²) in [6.07, 6.45) is 0.169. The van der Waals surface area contributed by atoms with Gasteiger partial charge in [-0.25, -0.2) is 4.90 Å². The second-order valence-electron chi connectivity index (χ2n) is 5.54. The lowest BCUT2D eigenvalue weighted by Gasteiger charge is -2.14. The number of carbonyl (C=O) groups is 2. The summed E-state index contributed by atoms with van der Waals surface area (Å²) in [5.74, 6) is -0.430. The van der Waals surface area contributed by atoms with Gasteiger partial charge in [-0.1, -0.05) is 40.9 Å². The minimum atomic E-state index is -0.442. The normalized spacial score (nSPS) is 17.6. The first-order chi connectivity index (χ1) is 11.5. The van der Waals surface area contributed by atoms with Gasteiger partial charge in [-0.2, -0.15) is 0 Å². The summed E-state index contributed by atoms with van der Waals surface area (Å²) in [6.45, 7) is 0.537. The summed E-state index contributed by atoms with van der Waals surface area (Å²) >= 11 is 17.7. The van der Waals surface area contributed by atoms with E-state index in [1.807, 2.05) is 11.4 Å². The van der Waals surface area contributed by atoms with E-state index in [0.29, 0.717) is 27.3 Å². The predicted octanol–water partition coefficient (Wildman–Crippen LogP) is 3.04. The van der Waals surface area contributed by atoms with Gasteiger partial charge in [0.05, 0.1) is 22.2 Å². The van der Waals surface area contributed by atoms with Crippen LogP contribution in [-0.4, -0.2) is 17.9 Å². The number of nitrogens with two attached hydrogens (primary N) is 1.